The van der Waals surface area contributed by atoms with Crippen LogP contribution in [-0.4, -0.2) is 78.9 Å². The van der Waals surface area contributed by atoms with Gasteiger partial charge < -0.3 is 30.2 Å². The van der Waals surface area contributed by atoms with E-state index in [1.165, 1.54) is 52.4 Å². The number of aliphatic hydroxyl groups excluding tert-OH is 2. The highest BCUT2D eigenvalue weighted by atomic mass is 16.5. The largest absolute Gasteiger partial charge is 0.468 e. The monoisotopic (exact) mass is 578 g/mol. The van der Waals surface area contributed by atoms with Crippen molar-refractivity contribution in [2.24, 2.45) is 28.8 Å². The summed E-state index contributed by atoms with van der Waals surface area (Å²) in [6.07, 6.45) is 6.90. The van der Waals surface area contributed by atoms with Crippen molar-refractivity contribution in [3.63, 3.8) is 0 Å². The Morgan fingerprint density at radius 2 is 1.20 bits per heavy atom. The number of ketones is 1. The zero-order valence-electron chi connectivity index (χ0n) is 27.5. The summed E-state index contributed by atoms with van der Waals surface area (Å²) in [5, 5.41) is 35.4. The van der Waals surface area contributed by atoms with E-state index in [2.05, 4.69) is 15.2 Å². The molecule has 0 aromatic heterocycles. The summed E-state index contributed by atoms with van der Waals surface area (Å²) in [6.45, 7) is 15.4. The topological polar surface area (TPSA) is 155 Å². The fourth-order valence-corrected chi connectivity index (χ4v) is 3.59. The summed E-state index contributed by atoms with van der Waals surface area (Å²) in [4.78, 5) is 35.4. The Morgan fingerprint density at radius 1 is 0.825 bits per heavy atom. The van der Waals surface area contributed by atoms with E-state index in [0.29, 0.717) is 12.1 Å². The molecule has 0 aliphatic heterocycles. The fourth-order valence-electron chi connectivity index (χ4n) is 3.59. The molecule has 1 rings (SSSR count). The molecule has 0 saturated heterocycles. The van der Waals surface area contributed by atoms with Crippen molar-refractivity contribution in [1.82, 2.24) is 5.32 Å². The lowest BCUT2D eigenvalue weighted by molar-refractivity contribution is -0.159. The molecule has 1 fully saturated rings. The molecule has 6 atom stereocenters. The number of methoxy groups -OCH3 is 1. The van der Waals surface area contributed by atoms with Crippen LogP contribution in [0, 0.1) is 23.7 Å². The van der Waals surface area contributed by atoms with Crippen LogP contribution < -0.4 is 5.32 Å². The summed E-state index contributed by atoms with van der Waals surface area (Å²) in [5.74, 6) is -5.47. The molecule has 1 aliphatic rings. The number of hydrogen-bond acceptors (Lipinski definition) is 10. The number of rotatable bonds is 11. The molecule has 4 N–H and O–H groups in total. The van der Waals surface area contributed by atoms with Crippen LogP contribution in [0.25, 0.3) is 0 Å². The molecule has 4 unspecified atom stereocenters. The first kappa shape index (κ1) is 45.0. The van der Waals surface area contributed by atoms with Gasteiger partial charge in [-0.25, -0.2) is 0 Å². The van der Waals surface area contributed by atoms with E-state index in [1.807, 2.05) is 55.6 Å². The van der Waals surface area contributed by atoms with Gasteiger partial charge >= 0.3 is 11.9 Å². The summed E-state index contributed by atoms with van der Waals surface area (Å²) in [7, 11) is 4.89. The molecule has 0 radical (unpaired) electrons. The number of Topliss-reactive ketones (excluding diaryl/α,β-unsaturated/α-hetero) is 1. The van der Waals surface area contributed by atoms with E-state index in [0.717, 1.165) is 7.11 Å². The van der Waals surface area contributed by atoms with Gasteiger partial charge in [-0.15, -0.1) is 0 Å². The zero-order chi connectivity index (χ0) is 32.3. The van der Waals surface area contributed by atoms with E-state index in [9.17, 15) is 24.6 Å². The maximum Gasteiger partial charge on any atom is 0.316 e. The molecule has 10 heteroatoms. The maximum atomic E-state index is 12.1. The molecule has 1 aliphatic carbocycles. The third kappa shape index (κ3) is 19.9. The molecular formula is C30H62N2O8. The van der Waals surface area contributed by atoms with Gasteiger partial charge in [-0.3, -0.25) is 14.4 Å². The van der Waals surface area contributed by atoms with Crippen molar-refractivity contribution >= 4 is 23.4 Å². The molecule has 40 heavy (non-hydrogen) atoms. The van der Waals surface area contributed by atoms with Crippen molar-refractivity contribution in [1.29, 1.82) is 0 Å². The minimum Gasteiger partial charge on any atom is -0.468 e. The number of oxime groups is 1. The number of esters is 2. The lowest BCUT2D eigenvalue weighted by Crippen LogP contribution is -2.42. The lowest BCUT2D eigenvalue weighted by atomic mass is 9.87. The van der Waals surface area contributed by atoms with Gasteiger partial charge in [0.05, 0.1) is 18.9 Å². The minimum absolute atomic E-state index is 0.105. The molecular weight excluding hydrogens is 516 g/mol. The Bertz CT molecular complexity index is 642. The average molecular weight is 579 g/mol. The smallest absolute Gasteiger partial charge is 0.316 e. The van der Waals surface area contributed by atoms with E-state index in [1.54, 1.807) is 6.92 Å². The van der Waals surface area contributed by atoms with Gasteiger partial charge in [0, 0.05) is 5.92 Å². The molecule has 10 nitrogen and oxygen atoms in total. The van der Waals surface area contributed by atoms with Crippen molar-refractivity contribution in [3.8, 4) is 0 Å². The molecule has 0 heterocycles. The summed E-state index contributed by atoms with van der Waals surface area (Å²) >= 11 is 0. The molecule has 0 amide bonds. The standard InChI is InChI=1S/C18H31NO8.C6H12.C2H7N.2C2H6/c1-7-9(2)14(19-25)10(3)16(22)13(20)8-27-18(24)12(5)15(21)11(4)17(23)26-6;1-2-4-6-5-3-1;1-3-2;2*1-2/h9-13,16,20,22,25H,7-8H2,1-6H3;1-6H2;3H,1-2H3;2*1-2H3/b19-14+;;;;/t9-,10?,11+,12?,13?,16?;;;;/m1..../s1. The quantitative estimate of drug-likeness (QED) is 0.0871. The Balaban J connectivity index is -0.000000411. The van der Waals surface area contributed by atoms with Crippen molar-refractivity contribution in [2.75, 3.05) is 27.8 Å². The van der Waals surface area contributed by atoms with Crippen LogP contribution in [0.3, 0.4) is 0 Å². The molecule has 0 bridgehead atoms. The fraction of sp³-hybridized carbons (Fsp3) is 0.867. The summed E-state index contributed by atoms with van der Waals surface area (Å²) < 4.78 is 9.36. The number of carbonyl (C=O) groups is 3. The Labute approximate surface area is 244 Å². The number of hydrogen-bond donors (Lipinski definition) is 4. The van der Waals surface area contributed by atoms with Crippen molar-refractivity contribution < 1.29 is 39.3 Å². The molecule has 1 saturated carbocycles. The predicted molar refractivity (Wildman–Crippen MR) is 162 cm³/mol. The second-order valence-corrected chi connectivity index (χ2v) is 9.30. The van der Waals surface area contributed by atoms with Gasteiger partial charge in [-0.1, -0.05) is 92.1 Å². The lowest BCUT2D eigenvalue weighted by Gasteiger charge is -2.26. The minimum atomic E-state index is -1.44. The van der Waals surface area contributed by atoms with E-state index < -0.39 is 54.3 Å². The van der Waals surface area contributed by atoms with Gasteiger partial charge in [0.2, 0.25) is 0 Å². The first-order chi connectivity index (χ1) is 18.9. The van der Waals surface area contributed by atoms with Crippen LogP contribution in [0.4, 0.5) is 0 Å². The molecule has 0 aromatic carbocycles. The molecule has 240 valence electrons. The highest BCUT2D eigenvalue weighted by Gasteiger charge is 2.34. The number of nitrogens with one attached hydrogen (secondary N) is 1. The normalized spacial score (nSPS) is 16.9. The Kier molecular flexibility index (Phi) is 33.6. The number of carbonyl (C=O) groups excluding carboxylic acids is 3. The van der Waals surface area contributed by atoms with Crippen molar-refractivity contribution in [2.45, 2.75) is 119 Å². The van der Waals surface area contributed by atoms with Gasteiger partial charge in [0.15, 0.2) is 5.78 Å². The number of aliphatic hydroxyl groups is 2. The van der Waals surface area contributed by atoms with Gasteiger partial charge in [0.25, 0.3) is 0 Å². The first-order valence-corrected chi connectivity index (χ1v) is 14.9. The van der Waals surface area contributed by atoms with Gasteiger partial charge in [-0.2, -0.15) is 0 Å². The average Bonchev–Trinajstić information content (AvgIpc) is 3.01. The van der Waals surface area contributed by atoms with E-state index in [-0.39, 0.29) is 5.92 Å². The summed E-state index contributed by atoms with van der Waals surface area (Å²) in [5.41, 5.74) is 0.325. The summed E-state index contributed by atoms with van der Waals surface area (Å²) in [6, 6.07) is 0. The number of ether oxygens (including phenoxy) is 2. The highest BCUT2D eigenvalue weighted by Crippen LogP contribution is 2.19. The first-order valence-electron chi connectivity index (χ1n) is 14.9. The second kappa shape index (κ2) is 29.9. The zero-order valence-corrected chi connectivity index (χ0v) is 27.5. The maximum absolute atomic E-state index is 12.1. The second-order valence-electron chi connectivity index (χ2n) is 9.30. The molecule has 0 spiro atoms. The Hall–Kier alpha value is -2.04. The van der Waals surface area contributed by atoms with E-state index in [4.69, 9.17) is 9.94 Å². The number of nitrogens with zero attached hydrogens (tertiary/aromatic N) is 1. The van der Waals surface area contributed by atoms with Gasteiger partial charge in [0.1, 0.15) is 24.5 Å². The van der Waals surface area contributed by atoms with Crippen LogP contribution >= 0.6 is 0 Å². The third-order valence-corrected chi connectivity index (χ3v) is 6.26. The third-order valence-electron chi connectivity index (χ3n) is 6.26. The predicted octanol–water partition coefficient (Wildman–Crippen LogP) is 5.01. The van der Waals surface area contributed by atoms with Gasteiger partial charge in [-0.05, 0) is 40.3 Å². The van der Waals surface area contributed by atoms with Crippen LogP contribution in [0.1, 0.15) is 107 Å². The van der Waals surface area contributed by atoms with Crippen LogP contribution in [-0.2, 0) is 23.9 Å². The van der Waals surface area contributed by atoms with Crippen molar-refractivity contribution in [3.05, 3.63) is 0 Å². The van der Waals surface area contributed by atoms with Crippen LogP contribution in [0.2, 0.25) is 0 Å². The highest BCUT2D eigenvalue weighted by molar-refractivity contribution is 6.07. The molecule has 0 aromatic rings. The van der Waals surface area contributed by atoms with Crippen LogP contribution in [0.5, 0.6) is 0 Å². The van der Waals surface area contributed by atoms with Crippen LogP contribution in [0.15, 0.2) is 5.16 Å². The SMILES string of the molecule is C1CCCCC1.CC.CC.CC[C@@H](C)/C(=N\O)C(C)C(O)C(O)COC(=O)C(C)C(=O)[C@H](C)C(=O)OC.CNC. The Morgan fingerprint density at radius 3 is 1.52 bits per heavy atom. The van der Waals surface area contributed by atoms with E-state index >= 15 is 0 Å².